The van der Waals surface area contributed by atoms with Crippen LogP contribution in [0.4, 0.5) is 0 Å². The van der Waals surface area contributed by atoms with Crippen LogP contribution in [-0.2, 0) is 65.4 Å². The second-order valence-corrected chi connectivity index (χ2v) is 31.4. The predicted octanol–water partition coefficient (Wildman–Crippen LogP) is 21.8. The van der Waals surface area contributed by atoms with Crippen molar-refractivity contribution < 1.29 is 80.2 Å². The highest BCUT2D eigenvalue weighted by Gasteiger charge is 2.30. The first-order valence-electron chi connectivity index (χ1n) is 38.8. The Bertz CT molecular complexity index is 1840. The van der Waals surface area contributed by atoms with Gasteiger partial charge in [-0.3, -0.25) is 37.3 Å². The predicted molar refractivity (Wildman–Crippen MR) is 381 cm³/mol. The van der Waals surface area contributed by atoms with Gasteiger partial charge in [-0.05, 0) is 43.4 Å². The van der Waals surface area contributed by atoms with Crippen molar-refractivity contribution in [2.24, 2.45) is 17.8 Å². The van der Waals surface area contributed by atoms with Gasteiger partial charge in [0, 0.05) is 25.7 Å². The SMILES string of the molecule is CCCCCCCCCC(=O)OC[C@H](COP(=O)(O)OC[C@H](O)COP(=O)(O)OC[C@@H](COC(=O)CCCCCCCCCCCCCCC(C)C)OC(=O)CCCCCCCCCCCCCCCCCCCCC(C)C)OC(=O)CCCCCCCCCCC(C)C. The number of carbonyl (C=O) groups is 4. The zero-order valence-corrected chi connectivity index (χ0v) is 63.2. The summed E-state index contributed by atoms with van der Waals surface area (Å²) < 4.78 is 68.3. The van der Waals surface area contributed by atoms with Gasteiger partial charge in [-0.15, -0.1) is 0 Å². The Balaban J connectivity index is 5.17. The number of esters is 4. The van der Waals surface area contributed by atoms with Gasteiger partial charge in [0.25, 0.3) is 0 Å². The van der Waals surface area contributed by atoms with Crippen LogP contribution in [0.1, 0.15) is 382 Å². The van der Waals surface area contributed by atoms with Crippen molar-refractivity contribution in [3.05, 3.63) is 0 Å². The molecule has 0 aliphatic heterocycles. The molecule has 0 amide bonds. The smallest absolute Gasteiger partial charge is 0.462 e. The topological polar surface area (TPSA) is 237 Å². The number of unbranched alkanes of at least 4 members (excludes halogenated alkanes) is 41. The molecule has 94 heavy (non-hydrogen) atoms. The van der Waals surface area contributed by atoms with Gasteiger partial charge < -0.3 is 33.8 Å². The molecule has 0 fully saturated rings. The molecule has 0 saturated heterocycles. The molecule has 19 heteroatoms. The van der Waals surface area contributed by atoms with Gasteiger partial charge in [-0.25, -0.2) is 9.13 Å². The summed E-state index contributed by atoms with van der Waals surface area (Å²) in [5, 5.41) is 10.6. The molecule has 558 valence electrons. The van der Waals surface area contributed by atoms with E-state index in [-0.39, 0.29) is 25.7 Å². The Hall–Kier alpha value is -1.94. The molecule has 5 atom stereocenters. The molecular weight excluding hydrogens is 1230 g/mol. The van der Waals surface area contributed by atoms with Gasteiger partial charge in [0.05, 0.1) is 26.4 Å². The maximum Gasteiger partial charge on any atom is 0.472 e. The normalized spacial score (nSPS) is 14.1. The quantitative estimate of drug-likeness (QED) is 0.0222. The summed E-state index contributed by atoms with van der Waals surface area (Å²) in [6.45, 7) is 11.9. The van der Waals surface area contributed by atoms with E-state index >= 15 is 0 Å². The van der Waals surface area contributed by atoms with Crippen molar-refractivity contribution in [2.45, 2.75) is 401 Å². The summed E-state index contributed by atoms with van der Waals surface area (Å²) in [7, 11) is -9.90. The molecule has 0 heterocycles. The minimum Gasteiger partial charge on any atom is -0.462 e. The van der Waals surface area contributed by atoms with Gasteiger partial charge in [-0.2, -0.15) is 0 Å². The second-order valence-electron chi connectivity index (χ2n) is 28.5. The first-order valence-corrected chi connectivity index (χ1v) is 41.8. The Morgan fingerprint density at radius 1 is 0.287 bits per heavy atom. The number of phosphoric ester groups is 2. The number of hydrogen-bond donors (Lipinski definition) is 3. The van der Waals surface area contributed by atoms with Crippen LogP contribution >= 0.6 is 15.6 Å². The van der Waals surface area contributed by atoms with E-state index < -0.39 is 97.5 Å². The van der Waals surface area contributed by atoms with Gasteiger partial charge >= 0.3 is 39.5 Å². The third-order valence-electron chi connectivity index (χ3n) is 17.4. The maximum atomic E-state index is 13.1. The molecule has 0 rings (SSSR count). The highest BCUT2D eigenvalue weighted by Crippen LogP contribution is 2.45. The fraction of sp³-hybridized carbons (Fsp3) is 0.947. The Morgan fingerprint density at radius 2 is 0.489 bits per heavy atom. The molecule has 0 aromatic carbocycles. The maximum absolute atomic E-state index is 13.1. The molecule has 0 aromatic heterocycles. The van der Waals surface area contributed by atoms with Crippen molar-refractivity contribution in [3.8, 4) is 0 Å². The third kappa shape index (κ3) is 68.6. The summed E-state index contributed by atoms with van der Waals surface area (Å²) in [6, 6.07) is 0. The number of rotatable bonds is 73. The lowest BCUT2D eigenvalue weighted by molar-refractivity contribution is -0.161. The Morgan fingerprint density at radius 3 is 0.723 bits per heavy atom. The van der Waals surface area contributed by atoms with E-state index in [9.17, 15) is 43.2 Å². The fourth-order valence-electron chi connectivity index (χ4n) is 11.4. The van der Waals surface area contributed by atoms with Crippen LogP contribution in [0.5, 0.6) is 0 Å². The molecule has 17 nitrogen and oxygen atoms in total. The highest BCUT2D eigenvalue weighted by atomic mass is 31.2. The van der Waals surface area contributed by atoms with Crippen LogP contribution in [0.25, 0.3) is 0 Å². The van der Waals surface area contributed by atoms with E-state index in [0.29, 0.717) is 25.7 Å². The van der Waals surface area contributed by atoms with Crippen LogP contribution in [0, 0.1) is 17.8 Å². The zero-order valence-electron chi connectivity index (χ0n) is 61.4. The minimum absolute atomic E-state index is 0.104. The summed E-state index contributed by atoms with van der Waals surface area (Å²) in [4.78, 5) is 72.6. The van der Waals surface area contributed by atoms with E-state index in [4.69, 9.17) is 37.0 Å². The standard InChI is InChI=1S/C75H146O17P2/c1-8-9-10-11-32-42-49-56-72(77)85-62-70(92-75(80)59-52-45-38-31-30-35-41-48-55-68(6)7)64-89-93(81,82)87-60-69(76)61-88-94(83,84)90-65-71(63-86-73(78)57-50-43-36-28-24-21-20-23-27-34-40-47-54-67(4)5)91-74(79)58-51-44-37-29-25-19-17-15-13-12-14-16-18-22-26-33-39-46-53-66(2)3/h66-71,76H,8-65H2,1-7H3,(H,81,82)(H,83,84)/t69-,70+,71+/m0/s1. The zero-order chi connectivity index (χ0) is 69.4. The average Bonchev–Trinajstić information content (AvgIpc) is 1.29. The third-order valence-corrected chi connectivity index (χ3v) is 19.3. The van der Waals surface area contributed by atoms with E-state index in [2.05, 4.69) is 48.5 Å². The first kappa shape index (κ1) is 92.1. The molecule has 0 aliphatic rings. The molecule has 0 spiro atoms. The summed E-state index contributed by atoms with van der Waals surface area (Å²) in [5.41, 5.74) is 0. The largest absolute Gasteiger partial charge is 0.472 e. The molecule has 0 aliphatic carbocycles. The Kier molecular flexibility index (Phi) is 64.3. The molecule has 0 aromatic rings. The lowest BCUT2D eigenvalue weighted by atomic mass is 10.0. The van der Waals surface area contributed by atoms with Crippen molar-refractivity contribution >= 4 is 39.5 Å². The summed E-state index contributed by atoms with van der Waals surface area (Å²) >= 11 is 0. The molecule has 3 N–H and O–H groups in total. The van der Waals surface area contributed by atoms with E-state index in [1.165, 1.54) is 180 Å². The van der Waals surface area contributed by atoms with Gasteiger partial charge in [0.15, 0.2) is 12.2 Å². The molecule has 2 unspecified atom stereocenters. The fourth-order valence-corrected chi connectivity index (χ4v) is 13.0. The van der Waals surface area contributed by atoms with Crippen LogP contribution < -0.4 is 0 Å². The van der Waals surface area contributed by atoms with Gasteiger partial charge in [-0.1, -0.05) is 331 Å². The summed E-state index contributed by atoms with van der Waals surface area (Å²) in [5.74, 6) is 0.195. The Labute approximate surface area is 575 Å². The van der Waals surface area contributed by atoms with Crippen LogP contribution in [0.15, 0.2) is 0 Å². The second kappa shape index (κ2) is 65.7. The van der Waals surface area contributed by atoms with Crippen LogP contribution in [0.2, 0.25) is 0 Å². The van der Waals surface area contributed by atoms with Crippen molar-refractivity contribution in [2.75, 3.05) is 39.6 Å². The van der Waals surface area contributed by atoms with Crippen molar-refractivity contribution in [1.29, 1.82) is 0 Å². The number of aliphatic hydroxyl groups is 1. The first-order chi connectivity index (χ1) is 45.2. The molecule has 0 saturated carbocycles. The highest BCUT2D eigenvalue weighted by molar-refractivity contribution is 7.47. The van der Waals surface area contributed by atoms with E-state index in [1.54, 1.807) is 0 Å². The number of ether oxygens (including phenoxy) is 4. The number of hydrogen-bond acceptors (Lipinski definition) is 15. The molecular formula is C75H146O17P2. The number of carbonyl (C=O) groups excluding carboxylic acids is 4. The lowest BCUT2D eigenvalue weighted by Gasteiger charge is -2.21. The number of phosphoric acid groups is 2. The van der Waals surface area contributed by atoms with Crippen molar-refractivity contribution in [1.82, 2.24) is 0 Å². The molecule has 0 bridgehead atoms. The average molecular weight is 1380 g/mol. The van der Waals surface area contributed by atoms with E-state index in [1.807, 2.05) is 0 Å². The minimum atomic E-state index is -4.96. The van der Waals surface area contributed by atoms with Crippen LogP contribution in [-0.4, -0.2) is 96.7 Å². The van der Waals surface area contributed by atoms with Crippen LogP contribution in [0.3, 0.4) is 0 Å². The number of aliphatic hydroxyl groups excluding tert-OH is 1. The van der Waals surface area contributed by atoms with E-state index in [0.717, 1.165) is 120 Å². The van der Waals surface area contributed by atoms with Gasteiger partial charge in [0.2, 0.25) is 0 Å². The monoisotopic (exact) mass is 1380 g/mol. The molecule has 0 radical (unpaired) electrons. The van der Waals surface area contributed by atoms with Gasteiger partial charge in [0.1, 0.15) is 19.3 Å². The summed E-state index contributed by atoms with van der Waals surface area (Å²) in [6.07, 6.45) is 51.6. The lowest BCUT2D eigenvalue weighted by Crippen LogP contribution is -2.30. The van der Waals surface area contributed by atoms with Crippen molar-refractivity contribution in [3.63, 3.8) is 0 Å².